The molecule has 2 unspecified atom stereocenters. The van der Waals surface area contributed by atoms with Crippen LogP contribution < -0.4 is 5.32 Å². The van der Waals surface area contributed by atoms with Gasteiger partial charge in [-0.2, -0.15) is 0 Å². The molecule has 3 rings (SSSR count). The molecule has 0 aliphatic carbocycles. The van der Waals surface area contributed by atoms with Crippen LogP contribution in [0.4, 0.5) is 4.39 Å². The van der Waals surface area contributed by atoms with Crippen molar-refractivity contribution < 1.29 is 14.0 Å². The van der Waals surface area contributed by atoms with Gasteiger partial charge in [0.25, 0.3) is 5.91 Å². The largest absolute Gasteiger partial charge is 0.353 e. The number of thioether (sulfide) groups is 1. The Morgan fingerprint density at radius 1 is 1.21 bits per heavy atom. The summed E-state index contributed by atoms with van der Waals surface area (Å²) in [7, 11) is 3.87. The molecule has 2 aromatic carbocycles. The third-order valence-corrected chi connectivity index (χ3v) is 6.12. The molecule has 154 valence electrons. The van der Waals surface area contributed by atoms with Crippen molar-refractivity contribution in [1.29, 1.82) is 0 Å². The molecule has 1 aliphatic rings. The first kappa shape index (κ1) is 21.3. The van der Waals surface area contributed by atoms with Crippen LogP contribution in [0, 0.1) is 12.7 Å². The zero-order valence-corrected chi connectivity index (χ0v) is 17.7. The summed E-state index contributed by atoms with van der Waals surface area (Å²) in [5.74, 6) is -0.295. The first-order valence-corrected chi connectivity index (χ1v) is 10.6. The van der Waals surface area contributed by atoms with E-state index in [9.17, 15) is 14.0 Å². The predicted octanol–water partition coefficient (Wildman–Crippen LogP) is 3.07. The second-order valence-electron chi connectivity index (χ2n) is 7.43. The van der Waals surface area contributed by atoms with E-state index >= 15 is 0 Å². The molecule has 0 radical (unpaired) electrons. The highest BCUT2D eigenvalue weighted by atomic mass is 32.2. The Morgan fingerprint density at radius 2 is 1.97 bits per heavy atom. The highest BCUT2D eigenvalue weighted by Crippen LogP contribution is 2.42. The van der Waals surface area contributed by atoms with Crippen molar-refractivity contribution in [2.75, 3.05) is 32.9 Å². The molecule has 2 atom stereocenters. The summed E-state index contributed by atoms with van der Waals surface area (Å²) in [4.78, 5) is 29.8. The summed E-state index contributed by atoms with van der Waals surface area (Å²) >= 11 is 1.48. The molecule has 2 aromatic rings. The predicted molar refractivity (Wildman–Crippen MR) is 114 cm³/mol. The number of carbonyl (C=O) groups is 2. The molecular formula is C22H26FN3O2S. The van der Waals surface area contributed by atoms with Gasteiger partial charge >= 0.3 is 0 Å². The molecule has 1 N–H and O–H groups in total. The normalized spacial score (nSPS) is 18.9. The molecule has 1 aliphatic heterocycles. The molecule has 1 saturated heterocycles. The molecule has 1 heterocycles. The first-order chi connectivity index (χ1) is 13.9. The Bertz CT molecular complexity index is 890. The Balaban J connectivity index is 1.89. The average Bonchev–Trinajstić information content (AvgIpc) is 3.12. The van der Waals surface area contributed by atoms with E-state index in [-0.39, 0.29) is 17.6 Å². The van der Waals surface area contributed by atoms with Gasteiger partial charge < -0.3 is 15.1 Å². The van der Waals surface area contributed by atoms with Crippen LogP contribution in [0.1, 0.15) is 26.9 Å². The SMILES string of the molecule is Cc1cccc(C(=O)N2C(C(=O)NCCN(C)C)CSC2c2cccc(F)c2)c1. The minimum absolute atomic E-state index is 0.181. The summed E-state index contributed by atoms with van der Waals surface area (Å²) in [6.45, 7) is 3.14. The molecule has 0 bridgehead atoms. The average molecular weight is 416 g/mol. The quantitative estimate of drug-likeness (QED) is 0.788. The number of nitrogens with zero attached hydrogens (tertiary/aromatic N) is 2. The van der Waals surface area contributed by atoms with Crippen molar-refractivity contribution in [2.24, 2.45) is 0 Å². The van der Waals surface area contributed by atoms with Gasteiger partial charge in [0.15, 0.2) is 0 Å². The van der Waals surface area contributed by atoms with Gasteiger partial charge in [0.1, 0.15) is 17.2 Å². The number of hydrogen-bond donors (Lipinski definition) is 1. The lowest BCUT2D eigenvalue weighted by molar-refractivity contribution is -0.124. The van der Waals surface area contributed by atoms with E-state index in [1.165, 1.54) is 23.9 Å². The number of aryl methyl sites for hydroxylation is 1. The van der Waals surface area contributed by atoms with Crippen molar-refractivity contribution in [3.8, 4) is 0 Å². The Hall–Kier alpha value is -2.38. The fourth-order valence-electron chi connectivity index (χ4n) is 3.32. The van der Waals surface area contributed by atoms with Crippen molar-refractivity contribution in [3.05, 3.63) is 71.0 Å². The third kappa shape index (κ3) is 5.16. The summed E-state index contributed by atoms with van der Waals surface area (Å²) < 4.78 is 13.8. The number of halogens is 1. The van der Waals surface area contributed by atoms with Gasteiger partial charge in [0.05, 0.1) is 0 Å². The maximum absolute atomic E-state index is 13.8. The molecule has 5 nitrogen and oxygen atoms in total. The number of likely N-dealkylation sites (N-methyl/N-ethyl adjacent to an activating group) is 1. The zero-order valence-electron chi connectivity index (χ0n) is 16.9. The van der Waals surface area contributed by atoms with Gasteiger partial charge in [0.2, 0.25) is 5.91 Å². The highest BCUT2D eigenvalue weighted by molar-refractivity contribution is 7.99. The van der Waals surface area contributed by atoms with E-state index in [0.29, 0.717) is 30.0 Å². The lowest BCUT2D eigenvalue weighted by atomic mass is 10.1. The minimum Gasteiger partial charge on any atom is -0.353 e. The smallest absolute Gasteiger partial charge is 0.255 e. The lowest BCUT2D eigenvalue weighted by Crippen LogP contribution is -2.49. The number of nitrogens with one attached hydrogen (secondary N) is 1. The molecule has 0 saturated carbocycles. The van der Waals surface area contributed by atoms with Gasteiger partial charge in [-0.25, -0.2) is 4.39 Å². The van der Waals surface area contributed by atoms with Crippen LogP contribution in [0.2, 0.25) is 0 Å². The number of rotatable bonds is 6. The van der Waals surface area contributed by atoms with Crippen molar-refractivity contribution in [1.82, 2.24) is 15.1 Å². The summed E-state index contributed by atoms with van der Waals surface area (Å²) in [6.07, 6.45) is 0. The van der Waals surface area contributed by atoms with Crippen molar-refractivity contribution in [2.45, 2.75) is 18.3 Å². The monoisotopic (exact) mass is 415 g/mol. The second-order valence-corrected chi connectivity index (χ2v) is 8.55. The molecule has 2 amide bonds. The maximum atomic E-state index is 13.8. The summed E-state index contributed by atoms with van der Waals surface area (Å²) in [5, 5.41) is 2.51. The highest BCUT2D eigenvalue weighted by Gasteiger charge is 2.42. The number of hydrogen-bond acceptors (Lipinski definition) is 4. The Kier molecular flexibility index (Phi) is 6.92. The van der Waals surface area contributed by atoms with Crippen LogP contribution >= 0.6 is 11.8 Å². The van der Waals surface area contributed by atoms with Crippen LogP contribution in [0.15, 0.2) is 48.5 Å². The van der Waals surface area contributed by atoms with E-state index in [4.69, 9.17) is 0 Å². The Labute approximate surface area is 175 Å². The van der Waals surface area contributed by atoms with Crippen LogP contribution in [-0.4, -0.2) is 60.6 Å². The van der Waals surface area contributed by atoms with Crippen molar-refractivity contribution >= 4 is 23.6 Å². The minimum atomic E-state index is -0.608. The van der Waals surface area contributed by atoms with Crippen LogP contribution in [0.3, 0.4) is 0 Å². The first-order valence-electron chi connectivity index (χ1n) is 9.55. The topological polar surface area (TPSA) is 52.7 Å². The molecule has 7 heteroatoms. The molecule has 1 fully saturated rings. The number of benzene rings is 2. The van der Waals surface area contributed by atoms with Crippen LogP contribution in [0.5, 0.6) is 0 Å². The standard InChI is InChI=1S/C22H26FN3O2S/c1-15-6-4-7-16(12-15)21(28)26-19(20(27)24-10-11-25(2)3)14-29-22(26)17-8-5-9-18(23)13-17/h4-9,12-13,19,22H,10-11,14H2,1-3H3,(H,24,27). The Morgan fingerprint density at radius 3 is 2.66 bits per heavy atom. The molecule has 0 aromatic heterocycles. The van der Waals surface area contributed by atoms with Crippen LogP contribution in [-0.2, 0) is 4.79 Å². The van der Waals surface area contributed by atoms with E-state index < -0.39 is 11.4 Å². The fraction of sp³-hybridized carbons (Fsp3) is 0.364. The lowest BCUT2D eigenvalue weighted by Gasteiger charge is -2.29. The fourth-order valence-corrected chi connectivity index (χ4v) is 4.74. The maximum Gasteiger partial charge on any atom is 0.255 e. The summed E-state index contributed by atoms with van der Waals surface area (Å²) in [5.41, 5.74) is 2.18. The zero-order chi connectivity index (χ0) is 21.0. The van der Waals surface area contributed by atoms with Gasteiger partial charge in [0, 0.05) is 24.4 Å². The van der Waals surface area contributed by atoms with E-state index in [0.717, 1.165) is 5.56 Å². The van der Waals surface area contributed by atoms with E-state index in [1.807, 2.05) is 44.1 Å². The van der Waals surface area contributed by atoms with Gasteiger partial charge in [-0.3, -0.25) is 9.59 Å². The molecule has 0 spiro atoms. The third-order valence-electron chi connectivity index (χ3n) is 4.79. The van der Waals surface area contributed by atoms with Gasteiger partial charge in [-0.1, -0.05) is 29.8 Å². The van der Waals surface area contributed by atoms with Gasteiger partial charge in [-0.05, 0) is 50.8 Å². The number of amides is 2. The summed E-state index contributed by atoms with van der Waals surface area (Å²) in [6, 6.07) is 12.9. The van der Waals surface area contributed by atoms with E-state index in [2.05, 4.69) is 5.32 Å². The number of carbonyl (C=O) groups excluding carboxylic acids is 2. The van der Waals surface area contributed by atoms with E-state index in [1.54, 1.807) is 23.1 Å². The second kappa shape index (κ2) is 9.41. The van der Waals surface area contributed by atoms with Crippen molar-refractivity contribution in [3.63, 3.8) is 0 Å². The molecular weight excluding hydrogens is 389 g/mol. The van der Waals surface area contributed by atoms with Gasteiger partial charge in [-0.15, -0.1) is 11.8 Å². The molecule has 29 heavy (non-hydrogen) atoms. The van der Waals surface area contributed by atoms with Crippen LogP contribution in [0.25, 0.3) is 0 Å².